The molecule has 0 aliphatic carbocycles. The minimum absolute atomic E-state index is 0.00997. The largest absolute Gasteiger partial charge is 0.481 e. The highest BCUT2D eigenvalue weighted by Crippen LogP contribution is 2.04. The van der Waals surface area contributed by atoms with E-state index in [1.54, 1.807) is 6.92 Å². The van der Waals surface area contributed by atoms with Gasteiger partial charge >= 0.3 is 5.97 Å². The molecule has 0 rings (SSSR count). The number of amides is 1. The average molecular weight is 231 g/mol. The van der Waals surface area contributed by atoms with Crippen LogP contribution in [0.4, 0.5) is 0 Å². The zero-order valence-electron chi connectivity index (χ0n) is 9.18. The Labute approximate surface area is 93.6 Å². The van der Waals surface area contributed by atoms with Crippen molar-refractivity contribution in [3.05, 3.63) is 0 Å². The fourth-order valence-corrected chi connectivity index (χ4v) is 1.22. The number of aliphatic hydroxyl groups is 1. The van der Waals surface area contributed by atoms with Crippen molar-refractivity contribution in [1.82, 2.24) is 5.32 Å². The molecule has 1 amide bonds. The van der Waals surface area contributed by atoms with Gasteiger partial charge in [-0.1, -0.05) is 6.92 Å². The summed E-state index contributed by atoms with van der Waals surface area (Å²) in [7, 11) is 0. The fourth-order valence-electron chi connectivity index (χ4n) is 1.22. The third-order valence-electron chi connectivity index (χ3n) is 2.11. The van der Waals surface area contributed by atoms with Gasteiger partial charge in [0.25, 0.3) is 0 Å². The van der Waals surface area contributed by atoms with Crippen molar-refractivity contribution in [3.8, 4) is 0 Å². The zero-order chi connectivity index (χ0) is 12.6. The van der Waals surface area contributed by atoms with Crippen molar-refractivity contribution < 1.29 is 24.6 Å². The summed E-state index contributed by atoms with van der Waals surface area (Å²) < 4.78 is 0. The summed E-state index contributed by atoms with van der Waals surface area (Å²) in [4.78, 5) is 31.8. The number of hydrogen-bond donors (Lipinski definition) is 3. The summed E-state index contributed by atoms with van der Waals surface area (Å²) in [5.41, 5.74) is 0. The minimum Gasteiger partial charge on any atom is -0.481 e. The SMILES string of the molecule is CCC(O)C(CC(=O)O)NC(=O)CCC=O. The molecule has 0 fully saturated rings. The first kappa shape index (κ1) is 14.6. The monoisotopic (exact) mass is 231 g/mol. The van der Waals surface area contributed by atoms with Crippen molar-refractivity contribution in [3.63, 3.8) is 0 Å². The molecule has 6 heteroatoms. The van der Waals surface area contributed by atoms with Crippen molar-refractivity contribution in [2.24, 2.45) is 0 Å². The topological polar surface area (TPSA) is 104 Å². The number of carbonyl (C=O) groups is 3. The van der Waals surface area contributed by atoms with Crippen molar-refractivity contribution in [2.75, 3.05) is 0 Å². The van der Waals surface area contributed by atoms with Gasteiger partial charge in [-0.3, -0.25) is 9.59 Å². The molecule has 0 heterocycles. The number of carboxylic acid groups (broad SMARTS) is 1. The second-order valence-corrected chi connectivity index (χ2v) is 3.45. The first-order valence-electron chi connectivity index (χ1n) is 5.14. The van der Waals surface area contributed by atoms with Gasteiger partial charge in [0, 0.05) is 12.8 Å². The molecule has 2 unspecified atom stereocenters. The Balaban J connectivity index is 4.24. The van der Waals surface area contributed by atoms with Crippen LogP contribution < -0.4 is 5.32 Å². The standard InChI is InChI=1S/C10H17NO5/c1-2-8(13)7(6-10(15)16)11-9(14)4-3-5-12/h5,7-8,13H,2-4,6H2,1H3,(H,11,14)(H,15,16). The van der Waals surface area contributed by atoms with E-state index in [0.717, 1.165) is 0 Å². The Morgan fingerprint density at radius 2 is 2.06 bits per heavy atom. The van der Waals surface area contributed by atoms with Crippen LogP contribution in [0.1, 0.15) is 32.6 Å². The number of aliphatic carboxylic acids is 1. The van der Waals surface area contributed by atoms with Gasteiger partial charge in [0.2, 0.25) is 5.91 Å². The number of carbonyl (C=O) groups excluding carboxylic acids is 2. The summed E-state index contributed by atoms with van der Waals surface area (Å²) >= 11 is 0. The van der Waals surface area contributed by atoms with E-state index in [9.17, 15) is 19.5 Å². The van der Waals surface area contributed by atoms with Gasteiger partial charge in [0.15, 0.2) is 0 Å². The Hall–Kier alpha value is -1.43. The molecule has 0 saturated heterocycles. The number of hydrogen-bond acceptors (Lipinski definition) is 4. The zero-order valence-corrected chi connectivity index (χ0v) is 9.18. The number of rotatable bonds is 8. The maximum absolute atomic E-state index is 11.2. The second-order valence-electron chi connectivity index (χ2n) is 3.45. The van der Waals surface area contributed by atoms with E-state index < -0.39 is 24.0 Å². The summed E-state index contributed by atoms with van der Waals surface area (Å²) in [6.45, 7) is 1.69. The maximum Gasteiger partial charge on any atom is 0.305 e. The fraction of sp³-hybridized carbons (Fsp3) is 0.700. The van der Waals surface area contributed by atoms with Crippen molar-refractivity contribution in [1.29, 1.82) is 0 Å². The summed E-state index contributed by atoms with van der Waals surface area (Å²) in [5.74, 6) is -1.51. The van der Waals surface area contributed by atoms with Gasteiger partial charge < -0.3 is 20.3 Å². The van der Waals surface area contributed by atoms with E-state index in [-0.39, 0.29) is 19.3 Å². The highest BCUT2D eigenvalue weighted by molar-refractivity contribution is 5.79. The Morgan fingerprint density at radius 1 is 1.44 bits per heavy atom. The number of aliphatic hydroxyl groups excluding tert-OH is 1. The van der Waals surface area contributed by atoms with Gasteiger partial charge in [0.1, 0.15) is 6.29 Å². The van der Waals surface area contributed by atoms with Crippen LogP contribution in [0.5, 0.6) is 0 Å². The van der Waals surface area contributed by atoms with Gasteiger partial charge in [-0.05, 0) is 6.42 Å². The molecule has 6 nitrogen and oxygen atoms in total. The molecule has 0 aromatic rings. The predicted octanol–water partition coefficient (Wildman–Crippen LogP) is -0.304. The molecule has 92 valence electrons. The highest BCUT2D eigenvalue weighted by Gasteiger charge is 2.22. The molecule has 0 radical (unpaired) electrons. The van der Waals surface area contributed by atoms with Gasteiger partial charge in [-0.15, -0.1) is 0 Å². The lowest BCUT2D eigenvalue weighted by Gasteiger charge is -2.21. The van der Waals surface area contributed by atoms with Crippen LogP contribution in [0, 0.1) is 0 Å². The first-order chi connectivity index (χ1) is 7.51. The van der Waals surface area contributed by atoms with Crippen molar-refractivity contribution >= 4 is 18.2 Å². The lowest BCUT2D eigenvalue weighted by molar-refractivity contribution is -0.138. The maximum atomic E-state index is 11.2. The van der Waals surface area contributed by atoms with Gasteiger partial charge in [-0.2, -0.15) is 0 Å². The van der Waals surface area contributed by atoms with E-state index in [0.29, 0.717) is 12.7 Å². The van der Waals surface area contributed by atoms with E-state index in [2.05, 4.69) is 5.32 Å². The molecule has 0 aromatic heterocycles. The molecule has 3 N–H and O–H groups in total. The Kier molecular flexibility index (Phi) is 7.11. The molecule has 0 spiro atoms. The summed E-state index contributed by atoms with van der Waals surface area (Å²) in [6.07, 6.45) is -0.157. The minimum atomic E-state index is -1.09. The van der Waals surface area contributed by atoms with Crippen LogP contribution in [0.15, 0.2) is 0 Å². The molecular formula is C10H17NO5. The van der Waals surface area contributed by atoms with Gasteiger partial charge in [0.05, 0.1) is 18.6 Å². The third-order valence-corrected chi connectivity index (χ3v) is 2.11. The average Bonchev–Trinajstić information content (AvgIpc) is 2.23. The molecule has 16 heavy (non-hydrogen) atoms. The van der Waals surface area contributed by atoms with Crippen LogP contribution in [0.3, 0.4) is 0 Å². The lowest BCUT2D eigenvalue weighted by Crippen LogP contribution is -2.44. The van der Waals surface area contributed by atoms with Crippen LogP contribution in [0.2, 0.25) is 0 Å². The molecule has 0 aliphatic heterocycles. The summed E-state index contributed by atoms with van der Waals surface area (Å²) in [5, 5.41) is 20.5. The van der Waals surface area contributed by atoms with E-state index in [1.165, 1.54) is 0 Å². The molecule has 0 aromatic carbocycles. The highest BCUT2D eigenvalue weighted by atomic mass is 16.4. The van der Waals surface area contributed by atoms with E-state index in [1.807, 2.05) is 0 Å². The van der Waals surface area contributed by atoms with Crippen LogP contribution in [-0.2, 0) is 14.4 Å². The van der Waals surface area contributed by atoms with Crippen LogP contribution in [0.25, 0.3) is 0 Å². The third kappa shape index (κ3) is 6.13. The molecule has 0 aliphatic rings. The second kappa shape index (κ2) is 7.81. The molecular weight excluding hydrogens is 214 g/mol. The number of nitrogens with one attached hydrogen (secondary N) is 1. The Bertz CT molecular complexity index is 254. The number of aldehydes is 1. The van der Waals surface area contributed by atoms with Crippen LogP contribution in [-0.4, -0.2) is 40.5 Å². The lowest BCUT2D eigenvalue weighted by atomic mass is 10.1. The van der Waals surface area contributed by atoms with E-state index in [4.69, 9.17) is 5.11 Å². The normalized spacial score (nSPS) is 13.9. The smallest absolute Gasteiger partial charge is 0.305 e. The predicted molar refractivity (Wildman–Crippen MR) is 55.8 cm³/mol. The number of carboxylic acids is 1. The summed E-state index contributed by atoms with van der Waals surface area (Å²) in [6, 6.07) is -0.804. The van der Waals surface area contributed by atoms with Crippen molar-refractivity contribution in [2.45, 2.75) is 44.8 Å². The van der Waals surface area contributed by atoms with Crippen LogP contribution >= 0.6 is 0 Å². The quantitative estimate of drug-likeness (QED) is 0.497. The Morgan fingerprint density at radius 3 is 2.50 bits per heavy atom. The van der Waals surface area contributed by atoms with Gasteiger partial charge in [-0.25, -0.2) is 0 Å². The first-order valence-corrected chi connectivity index (χ1v) is 5.14. The molecule has 0 saturated carbocycles. The van der Waals surface area contributed by atoms with E-state index >= 15 is 0 Å². The molecule has 2 atom stereocenters. The molecule has 0 bridgehead atoms.